The molecule has 0 radical (unpaired) electrons. The number of benzene rings is 1. The largest absolute Gasteiger partial charge is 0.289 e. The fraction of sp³-hybridized carbons (Fsp3) is 0.0667. The molecule has 0 unspecified atom stereocenters. The van der Waals surface area contributed by atoms with E-state index < -0.39 is 0 Å². The summed E-state index contributed by atoms with van der Waals surface area (Å²) in [6.45, 7) is 0. The molecular weight excluding hydrogens is 272 g/mol. The lowest BCUT2D eigenvalue weighted by molar-refractivity contribution is 0.0994. The van der Waals surface area contributed by atoms with E-state index in [9.17, 15) is 9.59 Å². The average Bonchev–Trinajstić information content (AvgIpc) is 2.85. The van der Waals surface area contributed by atoms with Gasteiger partial charge in [-0.3, -0.25) is 9.59 Å². The second-order valence-electron chi connectivity index (χ2n) is 4.66. The Balaban J connectivity index is 2.06. The molecule has 20 heavy (non-hydrogen) atoms. The zero-order valence-electron chi connectivity index (χ0n) is 10.3. The van der Waals surface area contributed by atoms with Gasteiger partial charge in [-0.15, -0.1) is 0 Å². The second-order valence-corrected chi connectivity index (χ2v) is 5.19. The van der Waals surface area contributed by atoms with Crippen LogP contribution in [0.3, 0.4) is 0 Å². The molecule has 4 rings (SSSR count). The van der Waals surface area contributed by atoms with E-state index in [1.807, 2.05) is 6.08 Å². The summed E-state index contributed by atoms with van der Waals surface area (Å²) in [5.41, 5.74) is 3.06. The van der Waals surface area contributed by atoms with Crippen LogP contribution >= 0.6 is 11.7 Å². The van der Waals surface area contributed by atoms with Gasteiger partial charge >= 0.3 is 0 Å². The first-order valence-electron chi connectivity index (χ1n) is 6.18. The maximum absolute atomic E-state index is 12.7. The summed E-state index contributed by atoms with van der Waals surface area (Å²) >= 11 is 1.07. The monoisotopic (exact) mass is 280 g/mol. The standard InChI is InChI=1S/C15H8N2O2S/c18-14-8-4-1-2-5-9(8)15(19)12-10(14)6-3-7-11-13(12)17-20-16-11/h1-6H,7H2. The Kier molecular flexibility index (Phi) is 2.31. The fourth-order valence-corrected chi connectivity index (χ4v) is 3.19. The van der Waals surface area contributed by atoms with Crippen molar-refractivity contribution in [1.29, 1.82) is 0 Å². The van der Waals surface area contributed by atoms with Crippen molar-refractivity contribution in [3.05, 3.63) is 64.5 Å². The molecular formula is C15H8N2O2S. The third-order valence-electron chi connectivity index (χ3n) is 3.55. The number of carbonyl (C=O) groups excluding carboxylic acids is 2. The Hall–Kier alpha value is -2.40. The number of hydrogen-bond acceptors (Lipinski definition) is 5. The molecule has 0 saturated heterocycles. The molecule has 0 amide bonds. The van der Waals surface area contributed by atoms with Gasteiger partial charge in [-0.1, -0.05) is 36.4 Å². The maximum atomic E-state index is 12.7. The Bertz CT molecular complexity index is 830. The van der Waals surface area contributed by atoms with E-state index in [0.29, 0.717) is 34.4 Å². The number of fused-ring (bicyclic) bond motifs is 3. The van der Waals surface area contributed by atoms with Crippen LogP contribution in [-0.2, 0) is 6.42 Å². The first kappa shape index (κ1) is 11.4. The summed E-state index contributed by atoms with van der Waals surface area (Å²) in [5.74, 6) is -0.261. The lowest BCUT2D eigenvalue weighted by Gasteiger charge is -2.17. The van der Waals surface area contributed by atoms with Gasteiger partial charge in [0.25, 0.3) is 0 Å². The zero-order valence-corrected chi connectivity index (χ0v) is 11.1. The minimum Gasteiger partial charge on any atom is -0.289 e. The van der Waals surface area contributed by atoms with Crippen LogP contribution in [-0.4, -0.2) is 20.3 Å². The molecule has 2 aliphatic rings. The zero-order chi connectivity index (χ0) is 13.7. The Morgan fingerprint density at radius 2 is 1.75 bits per heavy atom. The van der Waals surface area contributed by atoms with Crippen LogP contribution in [0.2, 0.25) is 0 Å². The molecule has 2 aromatic rings. The van der Waals surface area contributed by atoms with Gasteiger partial charge in [-0.05, 0) is 0 Å². The minimum absolute atomic E-state index is 0.118. The molecule has 0 fully saturated rings. The van der Waals surface area contributed by atoms with E-state index in [0.717, 1.165) is 17.4 Å². The Morgan fingerprint density at radius 1 is 1.00 bits per heavy atom. The van der Waals surface area contributed by atoms with Gasteiger partial charge in [0.1, 0.15) is 5.69 Å². The number of aromatic nitrogens is 2. The number of carbonyl (C=O) groups is 2. The molecule has 5 heteroatoms. The lowest BCUT2D eigenvalue weighted by Crippen LogP contribution is -2.20. The van der Waals surface area contributed by atoms with E-state index in [-0.39, 0.29) is 11.6 Å². The molecule has 2 aliphatic carbocycles. The van der Waals surface area contributed by atoms with Crippen molar-refractivity contribution >= 4 is 28.9 Å². The van der Waals surface area contributed by atoms with Crippen LogP contribution in [0.25, 0.3) is 5.57 Å². The molecule has 1 aromatic heterocycles. The van der Waals surface area contributed by atoms with E-state index in [4.69, 9.17) is 0 Å². The first-order chi connectivity index (χ1) is 9.77. The number of nitrogens with zero attached hydrogens (tertiary/aromatic N) is 2. The van der Waals surface area contributed by atoms with Crippen molar-refractivity contribution in [2.45, 2.75) is 6.42 Å². The molecule has 0 atom stereocenters. The summed E-state index contributed by atoms with van der Waals surface area (Å²) in [6, 6.07) is 6.92. The number of allylic oxidation sites excluding steroid dienone is 4. The highest BCUT2D eigenvalue weighted by Gasteiger charge is 2.34. The SMILES string of the molecule is O=C1C2=C(C(=O)c3ccccc31)c1nsnc1CC=C2. The second kappa shape index (κ2) is 4.05. The highest BCUT2D eigenvalue weighted by molar-refractivity contribution is 6.99. The van der Waals surface area contributed by atoms with Gasteiger partial charge in [0.15, 0.2) is 11.6 Å². The van der Waals surface area contributed by atoms with Gasteiger partial charge < -0.3 is 0 Å². The van der Waals surface area contributed by atoms with Gasteiger partial charge in [-0.2, -0.15) is 8.75 Å². The Morgan fingerprint density at radius 3 is 2.55 bits per heavy atom. The molecule has 1 aromatic carbocycles. The van der Waals surface area contributed by atoms with E-state index in [1.165, 1.54) is 0 Å². The number of ketones is 2. The predicted molar refractivity (Wildman–Crippen MR) is 74.8 cm³/mol. The van der Waals surface area contributed by atoms with E-state index in [2.05, 4.69) is 8.75 Å². The van der Waals surface area contributed by atoms with Crippen molar-refractivity contribution in [2.24, 2.45) is 0 Å². The number of rotatable bonds is 0. The lowest BCUT2D eigenvalue weighted by atomic mass is 9.83. The van der Waals surface area contributed by atoms with Crippen LogP contribution in [0.4, 0.5) is 0 Å². The van der Waals surface area contributed by atoms with Crippen molar-refractivity contribution < 1.29 is 9.59 Å². The topological polar surface area (TPSA) is 59.9 Å². The van der Waals surface area contributed by atoms with Crippen LogP contribution in [0.1, 0.15) is 32.1 Å². The van der Waals surface area contributed by atoms with Crippen LogP contribution < -0.4 is 0 Å². The highest BCUT2D eigenvalue weighted by Crippen LogP contribution is 2.35. The molecule has 4 nitrogen and oxygen atoms in total. The van der Waals surface area contributed by atoms with E-state index in [1.54, 1.807) is 30.3 Å². The van der Waals surface area contributed by atoms with Crippen LogP contribution in [0.5, 0.6) is 0 Å². The third-order valence-corrected chi connectivity index (χ3v) is 4.11. The summed E-state index contributed by atoms with van der Waals surface area (Å²) in [4.78, 5) is 25.3. The van der Waals surface area contributed by atoms with Crippen molar-refractivity contribution in [2.75, 3.05) is 0 Å². The molecule has 1 heterocycles. The smallest absolute Gasteiger partial charge is 0.196 e. The first-order valence-corrected chi connectivity index (χ1v) is 6.91. The van der Waals surface area contributed by atoms with Gasteiger partial charge in [0, 0.05) is 23.1 Å². The molecule has 0 N–H and O–H groups in total. The van der Waals surface area contributed by atoms with Crippen molar-refractivity contribution in [3.63, 3.8) is 0 Å². The maximum Gasteiger partial charge on any atom is 0.196 e. The van der Waals surface area contributed by atoms with Crippen LogP contribution in [0.15, 0.2) is 42.0 Å². The minimum atomic E-state index is -0.143. The van der Waals surface area contributed by atoms with Crippen molar-refractivity contribution in [1.82, 2.24) is 8.75 Å². The molecule has 0 bridgehead atoms. The summed E-state index contributed by atoms with van der Waals surface area (Å²) in [6.07, 6.45) is 4.18. The summed E-state index contributed by atoms with van der Waals surface area (Å²) < 4.78 is 8.42. The van der Waals surface area contributed by atoms with Crippen LogP contribution in [0, 0.1) is 0 Å². The number of Topliss-reactive ketones (excluding diaryl/α,β-unsaturated/α-hetero) is 2. The number of hydrogen-bond donors (Lipinski definition) is 0. The van der Waals surface area contributed by atoms with E-state index >= 15 is 0 Å². The van der Waals surface area contributed by atoms with Gasteiger partial charge in [0.05, 0.1) is 23.0 Å². The summed E-state index contributed by atoms with van der Waals surface area (Å²) in [5, 5.41) is 0. The average molecular weight is 280 g/mol. The van der Waals surface area contributed by atoms with Crippen molar-refractivity contribution in [3.8, 4) is 0 Å². The third kappa shape index (κ3) is 1.41. The summed E-state index contributed by atoms with van der Waals surface area (Å²) in [7, 11) is 0. The molecule has 0 spiro atoms. The van der Waals surface area contributed by atoms with Gasteiger partial charge in [0.2, 0.25) is 0 Å². The predicted octanol–water partition coefficient (Wildman–Crippen LogP) is 2.48. The Labute approximate surface area is 118 Å². The normalized spacial score (nSPS) is 16.6. The molecule has 0 saturated carbocycles. The van der Waals surface area contributed by atoms with Gasteiger partial charge in [-0.25, -0.2) is 0 Å². The fourth-order valence-electron chi connectivity index (χ4n) is 2.61. The molecule has 96 valence electrons. The molecule has 0 aliphatic heterocycles. The highest BCUT2D eigenvalue weighted by atomic mass is 32.1. The quantitative estimate of drug-likeness (QED) is 0.744.